The van der Waals surface area contributed by atoms with E-state index in [9.17, 15) is 0 Å². The summed E-state index contributed by atoms with van der Waals surface area (Å²) in [6.07, 6.45) is 0.969. The number of hydrogen-bond acceptors (Lipinski definition) is 5. The van der Waals surface area contributed by atoms with Crippen molar-refractivity contribution in [3.63, 3.8) is 0 Å². The molecule has 0 amide bonds. The van der Waals surface area contributed by atoms with Gasteiger partial charge < -0.3 is 15.2 Å². The Morgan fingerprint density at radius 2 is 1.63 bits per heavy atom. The fourth-order valence-corrected chi connectivity index (χ4v) is 5.04. The summed E-state index contributed by atoms with van der Waals surface area (Å²) in [5.41, 5.74) is 12.9. The van der Waals surface area contributed by atoms with Gasteiger partial charge in [-0.05, 0) is 50.5 Å². The first kappa shape index (κ1) is 21.0. The number of nitrogens with zero attached hydrogens (tertiary/aromatic N) is 2. The van der Waals surface area contributed by atoms with E-state index in [1.807, 2.05) is 19.1 Å². The third-order valence-electron chi connectivity index (χ3n) is 7.03. The van der Waals surface area contributed by atoms with E-state index < -0.39 is 0 Å². The van der Waals surface area contributed by atoms with Crippen LogP contribution in [-0.2, 0) is 11.3 Å². The Balaban J connectivity index is 1.38. The van der Waals surface area contributed by atoms with E-state index in [-0.39, 0.29) is 5.41 Å². The summed E-state index contributed by atoms with van der Waals surface area (Å²) in [6.45, 7) is 14.9. The van der Waals surface area contributed by atoms with Crippen LogP contribution in [0.15, 0.2) is 58.2 Å². The number of rotatable bonds is 5. The summed E-state index contributed by atoms with van der Waals surface area (Å²) < 4.78 is 11.2. The van der Waals surface area contributed by atoms with Crippen LogP contribution in [0.2, 0.25) is 0 Å². The molecule has 1 fully saturated rings. The molecule has 1 unspecified atom stereocenters. The van der Waals surface area contributed by atoms with Gasteiger partial charge in [-0.25, -0.2) is 0 Å². The molecule has 0 bridgehead atoms. The Kier molecular flexibility index (Phi) is 5.69. The van der Waals surface area contributed by atoms with Crippen molar-refractivity contribution >= 4 is 0 Å². The molecule has 0 aromatic heterocycles. The van der Waals surface area contributed by atoms with E-state index >= 15 is 0 Å². The van der Waals surface area contributed by atoms with Gasteiger partial charge in [0.25, 0.3) is 0 Å². The molecule has 3 aliphatic rings. The molecule has 30 heavy (non-hydrogen) atoms. The quantitative estimate of drug-likeness (QED) is 0.796. The number of piperazine rings is 1. The molecule has 2 N–H and O–H groups in total. The van der Waals surface area contributed by atoms with E-state index in [1.54, 1.807) is 7.11 Å². The summed E-state index contributed by atoms with van der Waals surface area (Å²) >= 11 is 0. The molecule has 1 aromatic carbocycles. The minimum atomic E-state index is -0.0285. The number of benzene rings is 1. The minimum Gasteiger partial charge on any atom is -0.497 e. The topological polar surface area (TPSA) is 51.0 Å². The second kappa shape index (κ2) is 8.12. The minimum absolute atomic E-state index is 0.0285. The number of fused-ring (bicyclic) bond motifs is 1. The zero-order valence-electron chi connectivity index (χ0n) is 19.0. The maximum absolute atomic E-state index is 6.76. The summed E-state index contributed by atoms with van der Waals surface area (Å²) in [6, 6.07) is 8.41. The van der Waals surface area contributed by atoms with Gasteiger partial charge in [0.1, 0.15) is 17.3 Å². The number of methoxy groups -OCH3 is 1. The molecular formula is C25H35N3O2. The predicted octanol–water partition coefficient (Wildman–Crippen LogP) is 4.03. The van der Waals surface area contributed by atoms with Crippen LogP contribution in [0, 0.1) is 5.41 Å². The zero-order chi connectivity index (χ0) is 21.5. The maximum atomic E-state index is 6.76. The average Bonchev–Trinajstić information content (AvgIpc) is 3.00. The van der Waals surface area contributed by atoms with Crippen molar-refractivity contribution < 1.29 is 9.47 Å². The lowest BCUT2D eigenvalue weighted by atomic mass is 9.85. The highest BCUT2D eigenvalue weighted by molar-refractivity contribution is 5.58. The zero-order valence-corrected chi connectivity index (χ0v) is 19.0. The van der Waals surface area contributed by atoms with E-state index in [1.165, 1.54) is 22.3 Å². The van der Waals surface area contributed by atoms with Crippen LogP contribution in [0.5, 0.6) is 5.75 Å². The summed E-state index contributed by atoms with van der Waals surface area (Å²) in [5, 5.41) is 0. The van der Waals surface area contributed by atoms with Gasteiger partial charge in [0.05, 0.1) is 7.11 Å². The van der Waals surface area contributed by atoms with E-state index in [0.717, 1.165) is 68.7 Å². The van der Waals surface area contributed by atoms with Gasteiger partial charge in [-0.2, -0.15) is 0 Å². The number of hydrogen-bond donors (Lipinski definition) is 1. The molecule has 0 radical (unpaired) electrons. The number of allylic oxidation sites excluding steroid dienone is 5. The van der Waals surface area contributed by atoms with Gasteiger partial charge in [-0.3, -0.25) is 9.80 Å². The van der Waals surface area contributed by atoms with Gasteiger partial charge in [-0.1, -0.05) is 19.1 Å². The smallest absolute Gasteiger partial charge is 0.118 e. The van der Waals surface area contributed by atoms with Crippen LogP contribution < -0.4 is 10.5 Å². The fraction of sp³-hybridized carbons (Fsp3) is 0.520. The van der Waals surface area contributed by atoms with Gasteiger partial charge in [0, 0.05) is 61.5 Å². The van der Waals surface area contributed by atoms with Crippen molar-refractivity contribution in [1.29, 1.82) is 0 Å². The summed E-state index contributed by atoms with van der Waals surface area (Å²) in [4.78, 5) is 5.12. The van der Waals surface area contributed by atoms with Crippen molar-refractivity contribution in [3.8, 4) is 5.75 Å². The predicted molar refractivity (Wildman–Crippen MR) is 121 cm³/mol. The largest absolute Gasteiger partial charge is 0.497 e. The molecule has 0 saturated carbocycles. The third-order valence-corrected chi connectivity index (χ3v) is 7.03. The van der Waals surface area contributed by atoms with E-state index in [0.29, 0.717) is 0 Å². The lowest BCUT2D eigenvalue weighted by Gasteiger charge is -2.39. The number of ether oxygens (including phenoxy) is 2. The van der Waals surface area contributed by atoms with Crippen LogP contribution in [-0.4, -0.2) is 49.6 Å². The maximum Gasteiger partial charge on any atom is 0.118 e. The highest BCUT2D eigenvalue weighted by Crippen LogP contribution is 2.50. The highest BCUT2D eigenvalue weighted by atomic mass is 16.5. The second-order valence-corrected chi connectivity index (χ2v) is 9.24. The molecule has 1 saturated heterocycles. The Morgan fingerprint density at radius 1 is 1.00 bits per heavy atom. The van der Waals surface area contributed by atoms with Gasteiger partial charge in [-0.15, -0.1) is 0 Å². The van der Waals surface area contributed by atoms with Crippen LogP contribution in [0.25, 0.3) is 0 Å². The molecule has 1 aliphatic carbocycles. The Hall–Kier alpha value is -2.24. The molecule has 1 aromatic rings. The summed E-state index contributed by atoms with van der Waals surface area (Å²) in [7, 11) is 1.71. The lowest BCUT2D eigenvalue weighted by molar-refractivity contribution is 0.0990. The molecule has 5 nitrogen and oxygen atoms in total. The first-order valence-corrected chi connectivity index (χ1v) is 10.9. The second-order valence-electron chi connectivity index (χ2n) is 9.24. The first-order chi connectivity index (χ1) is 14.3. The van der Waals surface area contributed by atoms with E-state index in [2.05, 4.69) is 42.7 Å². The third kappa shape index (κ3) is 3.88. The highest BCUT2D eigenvalue weighted by Gasteiger charge is 2.43. The average molecular weight is 410 g/mol. The fourth-order valence-electron chi connectivity index (χ4n) is 5.04. The van der Waals surface area contributed by atoms with Gasteiger partial charge in [0.2, 0.25) is 0 Å². The van der Waals surface area contributed by atoms with Crippen molar-refractivity contribution in [3.05, 3.63) is 63.8 Å². The Morgan fingerprint density at radius 3 is 2.27 bits per heavy atom. The van der Waals surface area contributed by atoms with Crippen LogP contribution in [0.3, 0.4) is 0 Å². The van der Waals surface area contributed by atoms with Crippen molar-refractivity contribution in [2.75, 3.05) is 39.8 Å². The van der Waals surface area contributed by atoms with Crippen molar-refractivity contribution in [2.45, 2.75) is 40.7 Å². The molecule has 0 spiro atoms. The Labute approximate surface area is 180 Å². The van der Waals surface area contributed by atoms with Crippen LogP contribution in [0.4, 0.5) is 0 Å². The van der Waals surface area contributed by atoms with Gasteiger partial charge >= 0.3 is 0 Å². The SMILES string of the molecule is COc1ccc(CN2CCN(CC3(C)CC4=C(C)OC(C)=C(C)C4=C3N)CC2)cc1. The van der Waals surface area contributed by atoms with Crippen LogP contribution >= 0.6 is 0 Å². The Bertz CT molecular complexity index is 905. The van der Waals surface area contributed by atoms with Crippen molar-refractivity contribution in [2.24, 2.45) is 11.1 Å². The molecular weight excluding hydrogens is 374 g/mol. The summed E-state index contributed by atoms with van der Waals surface area (Å²) in [5.74, 6) is 2.91. The monoisotopic (exact) mass is 409 g/mol. The number of nitrogens with two attached hydrogens (primary N) is 1. The molecule has 162 valence electrons. The molecule has 2 aliphatic heterocycles. The normalized spacial score (nSPS) is 25.6. The van der Waals surface area contributed by atoms with E-state index in [4.69, 9.17) is 15.2 Å². The molecule has 2 heterocycles. The lowest BCUT2D eigenvalue weighted by Crippen LogP contribution is -2.49. The first-order valence-electron chi connectivity index (χ1n) is 10.9. The molecule has 1 atom stereocenters. The molecule has 5 heteroatoms. The standard InChI is InChI=1S/C25H35N3O2/c1-17-18(2)30-19(3)22-14-25(4,24(26)23(17)22)16-28-12-10-27(11-13-28)15-20-6-8-21(29-5)9-7-20/h6-9H,10-16,26H2,1-5H3. The molecule has 4 rings (SSSR count). The van der Waals surface area contributed by atoms with Gasteiger partial charge in [0.15, 0.2) is 0 Å². The van der Waals surface area contributed by atoms with Crippen LogP contribution in [0.1, 0.15) is 39.7 Å². The van der Waals surface area contributed by atoms with Crippen molar-refractivity contribution in [1.82, 2.24) is 9.80 Å².